The Hall–Kier alpha value is 0.480. The molecule has 13 heavy (non-hydrogen) atoms. The van der Waals surface area contributed by atoms with E-state index in [9.17, 15) is 0 Å². The van der Waals surface area contributed by atoms with Crippen LogP contribution in [-0.2, 0) is 0 Å². The van der Waals surface area contributed by atoms with E-state index in [1.165, 1.54) is 9.15 Å². The number of allylic oxidation sites excluding steroid dienone is 2. The summed E-state index contributed by atoms with van der Waals surface area (Å²) in [5, 5.41) is 0. The molecule has 0 aromatic carbocycles. The summed E-state index contributed by atoms with van der Waals surface area (Å²) < 4.78 is 1.45. The van der Waals surface area contributed by atoms with Gasteiger partial charge in [0.15, 0.2) is 0 Å². The molecule has 0 amide bonds. The lowest BCUT2D eigenvalue weighted by Crippen LogP contribution is -2.38. The fourth-order valence-electron chi connectivity index (χ4n) is 1.22. The van der Waals surface area contributed by atoms with Crippen LogP contribution in [0, 0.1) is 0 Å². The largest absolute Gasteiger partial charge is 0.362 e. The Morgan fingerprint density at radius 3 is 2.77 bits per heavy atom. The maximum Gasteiger partial charge on any atom is 0.126 e. The van der Waals surface area contributed by atoms with Crippen LogP contribution in [0.25, 0.3) is 0 Å². The van der Waals surface area contributed by atoms with Crippen molar-refractivity contribution in [1.82, 2.24) is 4.90 Å². The van der Waals surface area contributed by atoms with Crippen LogP contribution in [0.3, 0.4) is 0 Å². The number of halogens is 2. The van der Waals surface area contributed by atoms with Crippen LogP contribution in [0.15, 0.2) is 34.1 Å². The second-order valence-corrected chi connectivity index (χ2v) is 6.14. The van der Waals surface area contributed by atoms with Crippen molar-refractivity contribution >= 4 is 45.2 Å². The Kier molecular flexibility index (Phi) is 3.85. The van der Waals surface area contributed by atoms with E-state index in [0.29, 0.717) is 0 Å². The highest BCUT2D eigenvalue weighted by atomic mass is 127. The molecule has 0 aliphatic heterocycles. The molecule has 1 atom stereocenters. The summed E-state index contributed by atoms with van der Waals surface area (Å²) in [6, 6.07) is 0. The lowest BCUT2D eigenvalue weighted by molar-refractivity contribution is 0.365. The van der Waals surface area contributed by atoms with Crippen molar-refractivity contribution in [3.63, 3.8) is 0 Å². The fourth-order valence-corrected chi connectivity index (χ4v) is 2.89. The first-order valence-corrected chi connectivity index (χ1v) is 6.25. The Morgan fingerprint density at radius 2 is 2.31 bits per heavy atom. The molecule has 0 aromatic heterocycles. The van der Waals surface area contributed by atoms with E-state index in [0.717, 1.165) is 6.42 Å². The zero-order valence-corrected chi connectivity index (χ0v) is 12.2. The van der Waals surface area contributed by atoms with Gasteiger partial charge in [0.25, 0.3) is 0 Å². The van der Waals surface area contributed by atoms with Crippen LogP contribution in [0.5, 0.6) is 0 Å². The van der Waals surface area contributed by atoms with Crippen molar-refractivity contribution in [2.24, 2.45) is 0 Å². The van der Waals surface area contributed by atoms with Gasteiger partial charge in [-0.25, -0.2) is 0 Å². The molecule has 1 aliphatic carbocycles. The van der Waals surface area contributed by atoms with Crippen molar-refractivity contribution < 1.29 is 0 Å². The number of nitrogens with zero attached hydrogens (tertiary/aromatic N) is 1. The standard InChI is InChI=1S/C10H13I2N/c1-4-13(3)10(12)6-5-8(2)7-9(10)11/h4-5,7H,1,6H2,2-3H3/t10-/m1/s1. The van der Waals surface area contributed by atoms with Gasteiger partial charge in [0.2, 0.25) is 0 Å². The fraction of sp³-hybridized carbons (Fsp3) is 0.400. The topological polar surface area (TPSA) is 3.24 Å². The third-order valence-electron chi connectivity index (χ3n) is 2.25. The van der Waals surface area contributed by atoms with Crippen LogP contribution in [-0.4, -0.2) is 15.5 Å². The lowest BCUT2D eigenvalue weighted by Gasteiger charge is -2.37. The molecule has 0 bridgehead atoms. The van der Waals surface area contributed by atoms with E-state index in [1.807, 2.05) is 6.20 Å². The van der Waals surface area contributed by atoms with Gasteiger partial charge in [-0.1, -0.05) is 18.2 Å². The molecule has 0 radical (unpaired) electrons. The molecule has 3 heteroatoms. The first kappa shape index (κ1) is 11.6. The first-order valence-electron chi connectivity index (χ1n) is 4.09. The highest BCUT2D eigenvalue weighted by Crippen LogP contribution is 2.42. The molecule has 0 saturated heterocycles. The van der Waals surface area contributed by atoms with Crippen molar-refractivity contribution in [1.29, 1.82) is 0 Å². The van der Waals surface area contributed by atoms with E-state index >= 15 is 0 Å². The molecule has 1 rings (SSSR count). The second-order valence-electron chi connectivity index (χ2n) is 3.20. The average Bonchev–Trinajstić information content (AvgIpc) is 2.11. The minimum absolute atomic E-state index is 0.0829. The van der Waals surface area contributed by atoms with Crippen molar-refractivity contribution in [3.05, 3.63) is 34.1 Å². The van der Waals surface area contributed by atoms with Gasteiger partial charge in [-0.05, 0) is 64.4 Å². The summed E-state index contributed by atoms with van der Waals surface area (Å²) in [7, 11) is 2.07. The predicted octanol–water partition coefficient (Wildman–Crippen LogP) is 3.86. The van der Waals surface area contributed by atoms with Crippen molar-refractivity contribution in [2.75, 3.05) is 7.05 Å². The van der Waals surface area contributed by atoms with Gasteiger partial charge < -0.3 is 4.90 Å². The van der Waals surface area contributed by atoms with E-state index in [2.05, 4.69) is 82.8 Å². The SMILES string of the molecule is C=CN(C)[C@]1(I)CC=C(C)C=C1I. The van der Waals surface area contributed by atoms with E-state index < -0.39 is 0 Å². The average molecular weight is 401 g/mol. The van der Waals surface area contributed by atoms with Crippen LogP contribution < -0.4 is 0 Å². The summed E-state index contributed by atoms with van der Waals surface area (Å²) in [5.41, 5.74) is 1.36. The predicted molar refractivity (Wildman–Crippen MR) is 75.2 cm³/mol. The summed E-state index contributed by atoms with van der Waals surface area (Å²) in [6.45, 7) is 5.95. The molecule has 0 saturated carbocycles. The Morgan fingerprint density at radius 1 is 1.69 bits per heavy atom. The second kappa shape index (κ2) is 4.33. The number of alkyl halides is 1. The molecule has 0 N–H and O–H groups in total. The molecule has 0 spiro atoms. The summed E-state index contributed by atoms with van der Waals surface area (Å²) in [6.07, 6.45) is 7.44. The molecular formula is C10H13I2N. The molecule has 0 fully saturated rings. The molecule has 1 nitrogen and oxygen atoms in total. The van der Waals surface area contributed by atoms with Gasteiger partial charge >= 0.3 is 0 Å². The summed E-state index contributed by atoms with van der Waals surface area (Å²) >= 11 is 4.90. The number of hydrogen-bond donors (Lipinski definition) is 0. The molecule has 72 valence electrons. The van der Waals surface area contributed by atoms with E-state index in [1.54, 1.807) is 0 Å². The first-order chi connectivity index (χ1) is 6.00. The highest BCUT2D eigenvalue weighted by molar-refractivity contribution is 14.1. The van der Waals surface area contributed by atoms with Crippen LogP contribution >= 0.6 is 45.2 Å². The minimum Gasteiger partial charge on any atom is -0.362 e. The third-order valence-corrected chi connectivity index (χ3v) is 6.27. The Balaban J connectivity index is 2.96. The quantitative estimate of drug-likeness (QED) is 0.386. The van der Waals surface area contributed by atoms with Gasteiger partial charge in [0, 0.05) is 17.0 Å². The summed E-state index contributed by atoms with van der Waals surface area (Å²) in [5.74, 6) is 0. The van der Waals surface area contributed by atoms with Gasteiger partial charge in [-0.3, -0.25) is 0 Å². The normalized spacial score (nSPS) is 27.7. The van der Waals surface area contributed by atoms with Crippen molar-refractivity contribution in [2.45, 2.75) is 16.9 Å². The zero-order chi connectivity index (χ0) is 10.1. The van der Waals surface area contributed by atoms with E-state index in [4.69, 9.17) is 0 Å². The van der Waals surface area contributed by atoms with Gasteiger partial charge in [0.1, 0.15) is 3.55 Å². The molecule has 1 aliphatic rings. The third kappa shape index (κ3) is 2.29. The van der Waals surface area contributed by atoms with Gasteiger partial charge in [-0.15, -0.1) is 0 Å². The smallest absolute Gasteiger partial charge is 0.126 e. The van der Waals surface area contributed by atoms with Crippen LogP contribution in [0.1, 0.15) is 13.3 Å². The van der Waals surface area contributed by atoms with Crippen LogP contribution in [0.4, 0.5) is 0 Å². The molecule has 0 aromatic rings. The number of hydrogen-bond acceptors (Lipinski definition) is 1. The Labute approximate surface area is 107 Å². The monoisotopic (exact) mass is 401 g/mol. The zero-order valence-electron chi connectivity index (χ0n) is 7.85. The van der Waals surface area contributed by atoms with E-state index in [-0.39, 0.29) is 3.55 Å². The summed E-state index contributed by atoms with van der Waals surface area (Å²) in [4.78, 5) is 2.16. The van der Waals surface area contributed by atoms with Crippen LogP contribution in [0.2, 0.25) is 0 Å². The maximum atomic E-state index is 3.80. The lowest BCUT2D eigenvalue weighted by atomic mass is 10.0. The number of likely N-dealkylation sites (N-methyl/N-ethyl adjacent to an activating group) is 1. The van der Waals surface area contributed by atoms with Gasteiger partial charge in [0.05, 0.1) is 0 Å². The Bertz CT molecular complexity index is 281. The number of rotatable bonds is 2. The van der Waals surface area contributed by atoms with Crippen molar-refractivity contribution in [3.8, 4) is 0 Å². The minimum atomic E-state index is 0.0829. The molecule has 0 heterocycles. The highest BCUT2D eigenvalue weighted by Gasteiger charge is 2.33. The maximum absolute atomic E-state index is 3.80. The van der Waals surface area contributed by atoms with Gasteiger partial charge in [-0.2, -0.15) is 0 Å². The molecular weight excluding hydrogens is 388 g/mol. The molecule has 0 unspecified atom stereocenters.